The molecule has 0 aromatic heterocycles. The van der Waals surface area contributed by atoms with Crippen molar-refractivity contribution in [2.24, 2.45) is 56.7 Å². The van der Waals surface area contributed by atoms with Gasteiger partial charge in [-0.15, -0.1) is 0 Å². The van der Waals surface area contributed by atoms with E-state index in [-0.39, 0.29) is 36.9 Å². The van der Waals surface area contributed by atoms with Crippen molar-refractivity contribution in [1.82, 2.24) is 0 Å². The predicted octanol–water partition coefficient (Wildman–Crippen LogP) is 16.4. The minimum atomic E-state index is -1.71. The number of aryl methyl sites for hydroxylation is 2. The smallest absolute Gasteiger partial charge is 0.198 e. The van der Waals surface area contributed by atoms with Crippen molar-refractivity contribution in [3.8, 4) is 0 Å². The molecule has 8 aromatic carbocycles. The maximum atomic E-state index is 13.0. The zero-order valence-corrected chi connectivity index (χ0v) is 68.3. The van der Waals surface area contributed by atoms with E-state index in [4.69, 9.17) is 196 Å². The third kappa shape index (κ3) is 27.9. The van der Waals surface area contributed by atoms with Crippen LogP contribution in [-0.4, -0.2) is 24.7 Å². The van der Waals surface area contributed by atoms with Gasteiger partial charge < -0.3 is 115 Å². The Hall–Kier alpha value is -7.76. The van der Waals surface area contributed by atoms with Crippen LogP contribution in [0, 0.1) is 125 Å². The fourth-order valence-electron chi connectivity index (χ4n) is 10.5. The highest BCUT2D eigenvalue weighted by Gasteiger charge is 2.39. The van der Waals surface area contributed by atoms with Gasteiger partial charge in [0.2, 0.25) is 0 Å². The lowest BCUT2D eigenvalue weighted by molar-refractivity contribution is 0.0904. The number of hydrogen-bond acceptors (Lipinski definition) is 20. The van der Waals surface area contributed by atoms with Crippen LogP contribution >= 0.6 is 92.8 Å². The SMILES string of the molecule is CC1(C)CC(N)CC(C)(CN)C1.Cc1cc(C)c(N)c(C)c1N.NC1CCC(N)CC1.NCc1c(F)c(F)c(CN)c(F)c1F.NCc1ccc(CN)cc1.Nc1c(Cl)c(N)c(Cl)c(Cl)c1Cl.Nc1c(F)c(Cl)c(N)c(F)c1Cl.Nc1c(F)c(F)c(F)c(N)c1Cl.Nc1c(F)c(F)c(N)c(F)c1F.Nc1c(F)c(N)c(F)c(Cl)c1F. The largest absolute Gasteiger partial charge is 0.398 e. The zero-order chi connectivity index (χ0) is 89.6. The summed E-state index contributed by atoms with van der Waals surface area (Å²) in [7, 11) is 0. The molecular formula is C71H90Cl8F16N20. The van der Waals surface area contributed by atoms with Crippen LogP contribution in [0.15, 0.2) is 30.3 Å². The summed E-state index contributed by atoms with van der Waals surface area (Å²) in [5, 5.41) is -1.99. The number of halogens is 24. The molecule has 2 fully saturated rings. The second-order valence-electron chi connectivity index (χ2n) is 26.4. The first-order valence-corrected chi connectivity index (χ1v) is 36.1. The molecule has 115 heavy (non-hydrogen) atoms. The van der Waals surface area contributed by atoms with E-state index in [1.165, 1.54) is 6.42 Å². The first-order chi connectivity index (χ1) is 52.9. The van der Waals surface area contributed by atoms with Gasteiger partial charge in [-0.3, -0.25) is 0 Å². The standard InChI is InChI=1S/C10H22N2.C9H14N2.C8H8F4N2.C8H12N2.C6H4Cl4N2.C6H4Cl2F2N2.2C6H4ClF3N2.C6H4F4N2.C6H14N2/c1-9(2)4-8(12)5-10(3,6-9)7-11;1-5-4-6(2)9(11)7(3)8(5)10;9-5-3(1-13)6(10)8(12)4(2-14)7(5)11;9-5-7-1-2-8(6-10)4-3-7;7-1-2(8)5(11)4(10)6(12)3(1)9;7-1-3(9)6(12)2(8)4(10)5(1)11;7-1-5(11)3(9)2(8)4(10)6(1)12;7-1-2(8)5(11)4(10)6(12)3(1)9;7-1-2(8)6(12)4(10)3(9)5(1)11;7-5-1-2-6(8)4-3-5/h8H,4-7,11-12H2,1-3H3;4H,10-11H2,1-3H3;1-2,13-14H2;1-4H,5-6,9-10H2;5*11-12H2;5-6H,1-4,7-8H2. The van der Waals surface area contributed by atoms with Gasteiger partial charge in [0.05, 0.1) is 59.2 Å². The normalized spacial score (nSPS) is 15.6. The molecule has 2 unspecified atom stereocenters. The topological polar surface area (TPSA) is 520 Å². The number of anilines is 12. The summed E-state index contributed by atoms with van der Waals surface area (Å²) in [6.45, 7) is 13.5. The van der Waals surface area contributed by atoms with Crippen LogP contribution in [0.4, 0.5) is 138 Å². The fourth-order valence-corrected chi connectivity index (χ4v) is 12.1. The van der Waals surface area contributed by atoms with E-state index in [0.717, 1.165) is 84.3 Å². The molecule has 2 atom stereocenters. The quantitative estimate of drug-likeness (QED) is 0.0329. The van der Waals surface area contributed by atoms with E-state index in [1.807, 2.05) is 51.1 Å². The van der Waals surface area contributed by atoms with Crippen LogP contribution in [-0.2, 0) is 26.2 Å². The molecule has 0 spiro atoms. The lowest BCUT2D eigenvalue weighted by Crippen LogP contribution is -2.45. The van der Waals surface area contributed by atoms with Crippen LogP contribution < -0.4 is 115 Å². The zero-order valence-electron chi connectivity index (χ0n) is 62.2. The molecule has 0 radical (unpaired) electrons. The predicted molar refractivity (Wildman–Crippen MR) is 437 cm³/mol. The van der Waals surface area contributed by atoms with Crippen LogP contribution in [0.1, 0.15) is 105 Å². The highest BCUT2D eigenvalue weighted by Crippen LogP contribution is 2.46. The highest BCUT2D eigenvalue weighted by atomic mass is 35.5. The molecule has 0 amide bonds. The molecule has 2 aliphatic rings. The van der Waals surface area contributed by atoms with Crippen molar-refractivity contribution in [2.75, 3.05) is 75.3 Å². The maximum Gasteiger partial charge on any atom is 0.198 e. The minimum absolute atomic E-state index is 0.123. The molecular weight excluding hydrogens is 1720 g/mol. The average molecular weight is 1810 g/mol. The number of rotatable bonds is 5. The third-order valence-corrected chi connectivity index (χ3v) is 20.1. The molecule has 2 aliphatic carbocycles. The van der Waals surface area contributed by atoms with Crippen molar-refractivity contribution in [3.05, 3.63) is 203 Å². The second-order valence-corrected chi connectivity index (χ2v) is 29.4. The van der Waals surface area contributed by atoms with Crippen LogP contribution in [0.5, 0.6) is 0 Å². The molecule has 642 valence electrons. The first-order valence-electron chi connectivity index (χ1n) is 33.1. The van der Waals surface area contributed by atoms with Crippen molar-refractivity contribution >= 4 is 161 Å². The van der Waals surface area contributed by atoms with Gasteiger partial charge in [0.25, 0.3) is 0 Å². The number of benzene rings is 8. The molecule has 40 N–H and O–H groups in total. The minimum Gasteiger partial charge on any atom is -0.398 e. The van der Waals surface area contributed by atoms with Crippen molar-refractivity contribution < 1.29 is 70.2 Å². The molecule has 10 rings (SSSR count). The van der Waals surface area contributed by atoms with E-state index in [1.54, 1.807) is 0 Å². The van der Waals surface area contributed by atoms with E-state index >= 15 is 0 Å². The van der Waals surface area contributed by atoms with Gasteiger partial charge in [-0.2, -0.15) is 0 Å². The third-order valence-electron chi connectivity index (χ3n) is 16.9. The van der Waals surface area contributed by atoms with Crippen LogP contribution in [0.3, 0.4) is 0 Å². The Kier molecular flexibility index (Phi) is 42.5. The monoisotopic (exact) mass is 1810 g/mol. The Bertz CT molecular complexity index is 3630. The summed E-state index contributed by atoms with van der Waals surface area (Å²) < 4.78 is 203. The first kappa shape index (κ1) is 105. The second kappa shape index (κ2) is 46.4. The molecule has 20 nitrogen and oxygen atoms in total. The van der Waals surface area contributed by atoms with Crippen molar-refractivity contribution in [3.63, 3.8) is 0 Å². The Balaban J connectivity index is 0.000000640. The van der Waals surface area contributed by atoms with E-state index in [0.29, 0.717) is 36.6 Å². The van der Waals surface area contributed by atoms with Gasteiger partial charge in [0, 0.05) is 66.8 Å². The van der Waals surface area contributed by atoms with E-state index in [9.17, 15) is 70.2 Å². The molecule has 8 aromatic rings. The molecule has 0 aliphatic heterocycles. The molecule has 2 saturated carbocycles. The van der Waals surface area contributed by atoms with E-state index < -0.39 is 183 Å². The lowest BCUT2D eigenvalue weighted by Gasteiger charge is -2.45. The number of nitrogens with two attached hydrogens (primary N) is 20. The Morgan fingerprint density at radius 3 is 0.843 bits per heavy atom. The number of hydrogen-bond donors (Lipinski definition) is 20. The van der Waals surface area contributed by atoms with Gasteiger partial charge in [-0.05, 0) is 111 Å². The average Bonchev–Trinajstić information content (AvgIpc) is 0.802. The van der Waals surface area contributed by atoms with Gasteiger partial charge in [0.15, 0.2) is 93.1 Å². The van der Waals surface area contributed by atoms with Crippen LogP contribution in [0.2, 0.25) is 40.2 Å². The lowest BCUT2D eigenvalue weighted by atomic mass is 9.63. The summed E-state index contributed by atoms with van der Waals surface area (Å²) in [5.41, 5.74) is 105. The van der Waals surface area contributed by atoms with Gasteiger partial charge in [-0.1, -0.05) is 144 Å². The Morgan fingerprint density at radius 2 is 0.565 bits per heavy atom. The molecule has 0 heterocycles. The molecule has 44 heteroatoms. The Morgan fingerprint density at radius 1 is 0.296 bits per heavy atom. The van der Waals surface area contributed by atoms with Gasteiger partial charge >= 0.3 is 0 Å². The summed E-state index contributed by atoms with van der Waals surface area (Å²) >= 11 is 43.6. The summed E-state index contributed by atoms with van der Waals surface area (Å²) in [5.74, 6) is -23.4. The molecule has 0 saturated heterocycles. The number of nitrogen functional groups attached to an aromatic ring is 12. The van der Waals surface area contributed by atoms with Gasteiger partial charge in [-0.25, -0.2) is 70.2 Å². The van der Waals surface area contributed by atoms with Crippen molar-refractivity contribution in [2.45, 2.75) is 131 Å². The summed E-state index contributed by atoms with van der Waals surface area (Å²) in [4.78, 5) is 0. The van der Waals surface area contributed by atoms with Crippen LogP contribution in [0.25, 0.3) is 0 Å². The maximum absolute atomic E-state index is 13.0. The van der Waals surface area contributed by atoms with Gasteiger partial charge in [0.1, 0.15) is 37.8 Å². The molecule has 0 bridgehead atoms. The fraction of sp³-hybridized carbons (Fsp3) is 0.324. The summed E-state index contributed by atoms with van der Waals surface area (Å²) in [6.07, 6.45) is 7.95. The summed E-state index contributed by atoms with van der Waals surface area (Å²) in [6, 6.07) is 11.2. The highest BCUT2D eigenvalue weighted by molar-refractivity contribution is 6.53. The van der Waals surface area contributed by atoms with Crippen molar-refractivity contribution in [1.29, 1.82) is 0 Å². The van der Waals surface area contributed by atoms with E-state index in [2.05, 4.69) is 32.2 Å². The Labute approximate surface area is 692 Å².